The zero-order valence-electron chi connectivity index (χ0n) is 18.8. The minimum atomic E-state index is -0.502. The second kappa shape index (κ2) is 9.96. The van der Waals surface area contributed by atoms with Gasteiger partial charge >= 0.3 is 0 Å². The predicted octanol–water partition coefficient (Wildman–Crippen LogP) is 5.29. The lowest BCUT2D eigenvalue weighted by molar-refractivity contribution is -0.124. The van der Waals surface area contributed by atoms with E-state index in [0.29, 0.717) is 18.0 Å². The van der Waals surface area contributed by atoms with Gasteiger partial charge in [-0.05, 0) is 55.3 Å². The molecule has 0 spiro atoms. The van der Waals surface area contributed by atoms with Gasteiger partial charge in [0.1, 0.15) is 23.2 Å². The monoisotopic (exact) mass is 463 g/mol. The molecule has 4 aromatic rings. The number of nitrogens with zero attached hydrogens (tertiary/aromatic N) is 2. The molecule has 3 aromatic carbocycles. The molecular weight excluding hydrogens is 438 g/mol. The highest BCUT2D eigenvalue weighted by Crippen LogP contribution is 2.32. The normalized spacial score (nSPS) is 11.9. The largest absolute Gasteiger partial charge is 0.497 e. The molecule has 0 aliphatic heterocycles. The Kier molecular flexibility index (Phi) is 6.84. The summed E-state index contributed by atoms with van der Waals surface area (Å²) in [6.07, 6.45) is 0.615. The maximum Gasteiger partial charge on any atom is 0.244 e. The summed E-state index contributed by atoms with van der Waals surface area (Å²) in [5.41, 5.74) is 3.60. The first-order valence-corrected chi connectivity index (χ1v) is 11.1. The third-order valence-electron chi connectivity index (χ3n) is 5.64. The van der Waals surface area contributed by atoms with Crippen LogP contribution < -0.4 is 14.8 Å². The van der Waals surface area contributed by atoms with Gasteiger partial charge in [0, 0.05) is 22.5 Å². The van der Waals surface area contributed by atoms with Crippen molar-refractivity contribution in [1.29, 1.82) is 0 Å². The highest BCUT2D eigenvalue weighted by molar-refractivity contribution is 6.31. The van der Waals surface area contributed by atoms with E-state index >= 15 is 0 Å². The molecule has 6 nitrogen and oxygen atoms in total. The van der Waals surface area contributed by atoms with Gasteiger partial charge in [-0.15, -0.1) is 0 Å². The number of amides is 1. The van der Waals surface area contributed by atoms with E-state index in [1.54, 1.807) is 18.9 Å². The Balaban J connectivity index is 1.54. The average Bonchev–Trinajstić information content (AvgIpc) is 3.22. The van der Waals surface area contributed by atoms with Crippen LogP contribution in [0.25, 0.3) is 22.2 Å². The predicted molar refractivity (Wildman–Crippen MR) is 131 cm³/mol. The number of nitrogens with one attached hydrogen (secondary N) is 1. The van der Waals surface area contributed by atoms with E-state index in [9.17, 15) is 4.79 Å². The lowest BCUT2D eigenvalue weighted by atomic mass is 10.1. The Morgan fingerprint density at radius 2 is 1.85 bits per heavy atom. The molecule has 0 saturated heterocycles. The van der Waals surface area contributed by atoms with Crippen molar-refractivity contribution in [1.82, 2.24) is 15.1 Å². The van der Waals surface area contributed by atoms with Crippen molar-refractivity contribution in [2.24, 2.45) is 0 Å². The molecule has 1 heterocycles. The van der Waals surface area contributed by atoms with Crippen molar-refractivity contribution >= 4 is 28.4 Å². The minimum Gasteiger partial charge on any atom is -0.497 e. The van der Waals surface area contributed by atoms with Gasteiger partial charge in [-0.2, -0.15) is 5.10 Å². The summed E-state index contributed by atoms with van der Waals surface area (Å²) in [6, 6.07) is 20.6. The minimum absolute atomic E-state index is 0.115. The van der Waals surface area contributed by atoms with Crippen LogP contribution in [0.4, 0.5) is 0 Å². The van der Waals surface area contributed by atoms with Crippen LogP contribution in [0.1, 0.15) is 18.5 Å². The van der Waals surface area contributed by atoms with E-state index in [0.717, 1.165) is 39.2 Å². The van der Waals surface area contributed by atoms with E-state index in [-0.39, 0.29) is 5.91 Å². The van der Waals surface area contributed by atoms with Crippen LogP contribution in [0.15, 0.2) is 66.7 Å². The molecule has 1 unspecified atom stereocenters. The number of methoxy groups -OCH3 is 2. The Morgan fingerprint density at radius 1 is 1.06 bits per heavy atom. The molecule has 0 bridgehead atoms. The Bertz CT molecular complexity index is 1270. The lowest BCUT2D eigenvalue weighted by Gasteiger charge is -2.15. The number of hydrogen-bond donors (Lipinski definition) is 1. The number of rotatable bonds is 8. The molecule has 1 aromatic heterocycles. The molecule has 4 rings (SSSR count). The molecule has 0 aliphatic rings. The molecule has 0 aliphatic carbocycles. The van der Waals surface area contributed by atoms with Crippen LogP contribution in [0, 0.1) is 0 Å². The Morgan fingerprint density at radius 3 is 2.58 bits per heavy atom. The number of aromatic nitrogens is 2. The third kappa shape index (κ3) is 4.81. The molecule has 170 valence electrons. The molecule has 1 atom stereocenters. The number of ether oxygens (including phenoxy) is 2. The van der Waals surface area contributed by atoms with Crippen LogP contribution in [-0.4, -0.2) is 36.5 Å². The lowest BCUT2D eigenvalue weighted by Crippen LogP contribution is -2.33. The van der Waals surface area contributed by atoms with Gasteiger partial charge in [-0.3, -0.25) is 9.48 Å². The summed E-state index contributed by atoms with van der Waals surface area (Å²) >= 11 is 6.27. The second-order valence-corrected chi connectivity index (χ2v) is 8.15. The van der Waals surface area contributed by atoms with Gasteiger partial charge in [0.2, 0.25) is 5.91 Å². The molecule has 0 radical (unpaired) electrons. The van der Waals surface area contributed by atoms with Crippen LogP contribution in [0.5, 0.6) is 11.5 Å². The Labute approximate surface area is 198 Å². The quantitative estimate of drug-likeness (QED) is 0.385. The fourth-order valence-corrected chi connectivity index (χ4v) is 4.05. The van der Waals surface area contributed by atoms with E-state index in [1.165, 1.54) is 0 Å². The molecule has 0 saturated carbocycles. The molecule has 0 fully saturated rings. The van der Waals surface area contributed by atoms with E-state index in [1.807, 2.05) is 73.7 Å². The summed E-state index contributed by atoms with van der Waals surface area (Å²) in [6.45, 7) is 2.31. The van der Waals surface area contributed by atoms with Crippen molar-refractivity contribution in [3.63, 3.8) is 0 Å². The van der Waals surface area contributed by atoms with E-state index < -0.39 is 6.04 Å². The van der Waals surface area contributed by atoms with Gasteiger partial charge in [0.05, 0.1) is 19.7 Å². The smallest absolute Gasteiger partial charge is 0.244 e. The van der Waals surface area contributed by atoms with Crippen LogP contribution in [-0.2, 0) is 11.2 Å². The van der Waals surface area contributed by atoms with Gasteiger partial charge in [-0.25, -0.2) is 0 Å². The molecule has 33 heavy (non-hydrogen) atoms. The fourth-order valence-electron chi connectivity index (χ4n) is 3.87. The first-order chi connectivity index (χ1) is 16.0. The SMILES string of the molecule is COc1ccc(OC)c(CCNC(=O)C(C)n2nc(-c3ccccc3)c3cc(Cl)ccc32)c1. The van der Waals surface area contributed by atoms with E-state index in [4.69, 9.17) is 26.2 Å². The second-order valence-electron chi connectivity index (χ2n) is 7.72. The third-order valence-corrected chi connectivity index (χ3v) is 5.88. The van der Waals surface area contributed by atoms with Crippen molar-refractivity contribution in [3.05, 3.63) is 77.3 Å². The Hall–Kier alpha value is -3.51. The highest BCUT2D eigenvalue weighted by Gasteiger charge is 2.21. The maximum atomic E-state index is 13.0. The molecule has 1 amide bonds. The molecule has 1 N–H and O–H groups in total. The fraction of sp³-hybridized carbons (Fsp3) is 0.231. The van der Waals surface area contributed by atoms with Gasteiger partial charge in [0.15, 0.2) is 0 Å². The summed E-state index contributed by atoms with van der Waals surface area (Å²) in [5, 5.41) is 9.36. The molecular formula is C26H26ClN3O3. The van der Waals surface area contributed by atoms with Gasteiger partial charge in [-0.1, -0.05) is 41.9 Å². The number of benzene rings is 3. The van der Waals surface area contributed by atoms with Crippen molar-refractivity contribution in [2.75, 3.05) is 20.8 Å². The van der Waals surface area contributed by atoms with Crippen molar-refractivity contribution in [2.45, 2.75) is 19.4 Å². The number of hydrogen-bond acceptors (Lipinski definition) is 4. The highest BCUT2D eigenvalue weighted by atomic mass is 35.5. The number of halogens is 1. The number of carbonyl (C=O) groups is 1. The molecule has 7 heteroatoms. The first-order valence-electron chi connectivity index (χ1n) is 10.7. The zero-order chi connectivity index (χ0) is 23.4. The van der Waals surface area contributed by atoms with E-state index in [2.05, 4.69) is 5.32 Å². The summed E-state index contributed by atoms with van der Waals surface area (Å²) in [7, 11) is 3.26. The zero-order valence-corrected chi connectivity index (χ0v) is 19.6. The van der Waals surface area contributed by atoms with Gasteiger partial charge < -0.3 is 14.8 Å². The topological polar surface area (TPSA) is 65.4 Å². The average molecular weight is 464 g/mol. The van der Waals surface area contributed by atoms with Gasteiger partial charge in [0.25, 0.3) is 0 Å². The standard InChI is InChI=1S/C26H26ClN3O3/c1-17(26(31)28-14-13-19-15-21(32-2)10-12-24(19)33-3)30-23-11-9-20(27)16-22(23)25(29-30)18-7-5-4-6-8-18/h4-12,15-17H,13-14H2,1-3H3,(H,28,31). The van der Waals surface area contributed by atoms with Crippen molar-refractivity contribution < 1.29 is 14.3 Å². The van der Waals surface area contributed by atoms with Crippen LogP contribution in [0.3, 0.4) is 0 Å². The first kappa shape index (κ1) is 22.7. The van der Waals surface area contributed by atoms with Crippen LogP contribution in [0.2, 0.25) is 5.02 Å². The maximum absolute atomic E-state index is 13.0. The summed E-state index contributed by atoms with van der Waals surface area (Å²) < 4.78 is 12.5. The number of carbonyl (C=O) groups excluding carboxylic acids is 1. The van der Waals surface area contributed by atoms with Crippen LogP contribution >= 0.6 is 11.6 Å². The van der Waals surface area contributed by atoms with Crippen molar-refractivity contribution in [3.8, 4) is 22.8 Å². The summed E-state index contributed by atoms with van der Waals surface area (Å²) in [5.74, 6) is 1.40. The number of fused-ring (bicyclic) bond motifs is 1. The summed E-state index contributed by atoms with van der Waals surface area (Å²) in [4.78, 5) is 13.0.